The molecule has 1 saturated heterocycles. The third-order valence-corrected chi connectivity index (χ3v) is 5.14. The molecule has 6 heteroatoms. The zero-order chi connectivity index (χ0) is 15.3. The number of amides is 1. The minimum absolute atomic E-state index is 0.190. The molecule has 4 nitrogen and oxygen atoms in total. The number of thioether (sulfide) groups is 1. The smallest absolute Gasteiger partial charge is 0.329 e. The van der Waals surface area contributed by atoms with Crippen LogP contribution in [0.3, 0.4) is 0 Å². The normalized spacial score (nSPS) is 17.2. The minimum atomic E-state index is -1.07. The fourth-order valence-corrected chi connectivity index (χ4v) is 4.03. The predicted molar refractivity (Wildman–Crippen MR) is 87.5 cm³/mol. The molecule has 0 bridgehead atoms. The molecule has 0 aromatic heterocycles. The van der Waals surface area contributed by atoms with E-state index in [-0.39, 0.29) is 5.91 Å². The fourth-order valence-electron chi connectivity index (χ4n) is 2.39. The summed E-state index contributed by atoms with van der Waals surface area (Å²) in [5.74, 6) is 0.444. The standard InChI is InChI=1S/C15H18BrNO3S/c16-12-3-1-2-11(10-12)4-5-13(18)17-15(14(19)20)6-8-21-9-7-15/h1-3,10H,4-9H2,(H,17,18)(H,19,20). The van der Waals surface area contributed by atoms with Gasteiger partial charge in [-0.1, -0.05) is 28.1 Å². The summed E-state index contributed by atoms with van der Waals surface area (Å²) in [5.41, 5.74) is -0.0114. The summed E-state index contributed by atoms with van der Waals surface area (Å²) in [6, 6.07) is 7.79. The molecule has 0 spiro atoms. The second-order valence-electron chi connectivity index (χ2n) is 5.18. The molecule has 0 aliphatic carbocycles. The fraction of sp³-hybridized carbons (Fsp3) is 0.467. The number of halogens is 1. The molecule has 21 heavy (non-hydrogen) atoms. The number of carboxylic acids is 1. The summed E-state index contributed by atoms with van der Waals surface area (Å²) >= 11 is 5.13. The molecule has 114 valence electrons. The average Bonchev–Trinajstić information content (AvgIpc) is 2.46. The van der Waals surface area contributed by atoms with E-state index in [4.69, 9.17) is 0 Å². The number of nitrogens with one attached hydrogen (secondary N) is 1. The third kappa shape index (κ3) is 4.48. The van der Waals surface area contributed by atoms with Gasteiger partial charge in [0.2, 0.25) is 5.91 Å². The van der Waals surface area contributed by atoms with Gasteiger partial charge in [0.25, 0.3) is 0 Å². The van der Waals surface area contributed by atoms with E-state index >= 15 is 0 Å². The molecule has 1 aliphatic rings. The Kier molecular flexibility index (Phi) is 5.70. The minimum Gasteiger partial charge on any atom is -0.480 e. The van der Waals surface area contributed by atoms with Crippen LogP contribution in [0.1, 0.15) is 24.8 Å². The van der Waals surface area contributed by atoms with Crippen molar-refractivity contribution in [2.24, 2.45) is 0 Å². The number of aryl methyl sites for hydroxylation is 1. The van der Waals surface area contributed by atoms with Crippen LogP contribution in [0, 0.1) is 0 Å². The second kappa shape index (κ2) is 7.31. The Balaban J connectivity index is 1.92. The summed E-state index contributed by atoms with van der Waals surface area (Å²) < 4.78 is 0.978. The van der Waals surface area contributed by atoms with Gasteiger partial charge < -0.3 is 10.4 Å². The summed E-state index contributed by atoms with van der Waals surface area (Å²) in [7, 11) is 0. The Hall–Kier alpha value is -1.01. The molecule has 1 heterocycles. The molecule has 2 rings (SSSR count). The van der Waals surface area contributed by atoms with E-state index < -0.39 is 11.5 Å². The Morgan fingerprint density at radius 2 is 2.05 bits per heavy atom. The van der Waals surface area contributed by atoms with E-state index in [1.165, 1.54) is 0 Å². The number of benzene rings is 1. The zero-order valence-electron chi connectivity index (χ0n) is 11.6. The monoisotopic (exact) mass is 371 g/mol. The van der Waals surface area contributed by atoms with Crippen molar-refractivity contribution >= 4 is 39.6 Å². The van der Waals surface area contributed by atoms with Gasteiger partial charge in [0, 0.05) is 10.9 Å². The van der Waals surface area contributed by atoms with Crippen LogP contribution in [0.25, 0.3) is 0 Å². The summed E-state index contributed by atoms with van der Waals surface area (Å²) in [6.07, 6.45) is 1.90. The largest absolute Gasteiger partial charge is 0.480 e. The SMILES string of the molecule is O=C(CCc1cccc(Br)c1)NC1(C(=O)O)CCSCC1. The Morgan fingerprint density at radius 3 is 2.67 bits per heavy atom. The molecule has 2 N–H and O–H groups in total. The second-order valence-corrected chi connectivity index (χ2v) is 7.32. The van der Waals surface area contributed by atoms with E-state index in [0.29, 0.717) is 25.7 Å². The van der Waals surface area contributed by atoms with E-state index in [2.05, 4.69) is 21.2 Å². The van der Waals surface area contributed by atoms with E-state index in [1.54, 1.807) is 11.8 Å². The van der Waals surface area contributed by atoms with Crippen molar-refractivity contribution in [3.05, 3.63) is 34.3 Å². The molecule has 1 aliphatic heterocycles. The molecule has 1 aromatic carbocycles. The molecule has 0 unspecified atom stereocenters. The van der Waals surface area contributed by atoms with Crippen LogP contribution < -0.4 is 5.32 Å². The van der Waals surface area contributed by atoms with Crippen molar-refractivity contribution in [1.29, 1.82) is 0 Å². The Morgan fingerprint density at radius 1 is 1.33 bits per heavy atom. The molecule has 1 fully saturated rings. The van der Waals surface area contributed by atoms with Gasteiger partial charge in [-0.25, -0.2) is 4.79 Å². The predicted octanol–water partition coefficient (Wildman–Crippen LogP) is 2.85. The summed E-state index contributed by atoms with van der Waals surface area (Å²) in [5, 5.41) is 12.2. The topological polar surface area (TPSA) is 66.4 Å². The molecule has 1 aromatic rings. The van der Waals surface area contributed by atoms with Crippen molar-refractivity contribution in [3.63, 3.8) is 0 Å². The van der Waals surface area contributed by atoms with Crippen molar-refractivity contribution < 1.29 is 14.7 Å². The van der Waals surface area contributed by atoms with Gasteiger partial charge in [-0.15, -0.1) is 0 Å². The molecular formula is C15H18BrNO3S. The number of hydrogen-bond acceptors (Lipinski definition) is 3. The highest BCUT2D eigenvalue weighted by atomic mass is 79.9. The Labute approximate surface area is 136 Å². The van der Waals surface area contributed by atoms with Crippen molar-refractivity contribution in [3.8, 4) is 0 Å². The van der Waals surface area contributed by atoms with Gasteiger partial charge in [-0.05, 0) is 48.5 Å². The Bertz CT molecular complexity index is 529. The summed E-state index contributed by atoms with van der Waals surface area (Å²) in [6.45, 7) is 0. The quantitative estimate of drug-likeness (QED) is 0.834. The highest BCUT2D eigenvalue weighted by Gasteiger charge is 2.41. The lowest BCUT2D eigenvalue weighted by Crippen LogP contribution is -2.56. The molecule has 0 radical (unpaired) electrons. The maximum Gasteiger partial charge on any atom is 0.329 e. The third-order valence-electron chi connectivity index (χ3n) is 3.66. The average molecular weight is 372 g/mol. The molecule has 0 saturated carbocycles. The van der Waals surface area contributed by atoms with Crippen molar-refractivity contribution in [2.45, 2.75) is 31.2 Å². The van der Waals surface area contributed by atoms with Gasteiger partial charge >= 0.3 is 5.97 Å². The highest BCUT2D eigenvalue weighted by Crippen LogP contribution is 2.27. The van der Waals surface area contributed by atoms with Gasteiger partial charge in [-0.2, -0.15) is 11.8 Å². The highest BCUT2D eigenvalue weighted by molar-refractivity contribution is 9.10. The van der Waals surface area contributed by atoms with Crippen LogP contribution in [-0.2, 0) is 16.0 Å². The van der Waals surface area contributed by atoms with Gasteiger partial charge in [0.05, 0.1) is 0 Å². The van der Waals surface area contributed by atoms with Gasteiger partial charge in [0.1, 0.15) is 5.54 Å². The zero-order valence-corrected chi connectivity index (χ0v) is 14.0. The lowest BCUT2D eigenvalue weighted by molar-refractivity contribution is -0.148. The van der Waals surface area contributed by atoms with Gasteiger partial charge in [0.15, 0.2) is 0 Å². The van der Waals surface area contributed by atoms with Crippen LogP contribution in [0.15, 0.2) is 28.7 Å². The molecule has 1 amide bonds. The van der Waals surface area contributed by atoms with Gasteiger partial charge in [-0.3, -0.25) is 4.79 Å². The number of rotatable bonds is 5. The number of carbonyl (C=O) groups is 2. The first-order chi connectivity index (χ1) is 10.0. The lowest BCUT2D eigenvalue weighted by atomic mass is 9.92. The number of carboxylic acid groups (broad SMARTS) is 1. The van der Waals surface area contributed by atoms with Crippen LogP contribution in [0.4, 0.5) is 0 Å². The first kappa shape index (κ1) is 16.4. The van der Waals surface area contributed by atoms with E-state index in [0.717, 1.165) is 21.5 Å². The van der Waals surface area contributed by atoms with E-state index in [9.17, 15) is 14.7 Å². The number of carbonyl (C=O) groups excluding carboxylic acids is 1. The van der Waals surface area contributed by atoms with E-state index in [1.807, 2.05) is 24.3 Å². The number of hydrogen-bond donors (Lipinski definition) is 2. The first-order valence-corrected chi connectivity index (χ1v) is 8.83. The lowest BCUT2D eigenvalue weighted by Gasteiger charge is -2.33. The maximum absolute atomic E-state index is 12.1. The summed E-state index contributed by atoms with van der Waals surface area (Å²) in [4.78, 5) is 23.6. The van der Waals surface area contributed by atoms with Crippen LogP contribution in [0.5, 0.6) is 0 Å². The van der Waals surface area contributed by atoms with Crippen molar-refractivity contribution in [2.75, 3.05) is 11.5 Å². The van der Waals surface area contributed by atoms with Crippen molar-refractivity contribution in [1.82, 2.24) is 5.32 Å². The molecular weight excluding hydrogens is 354 g/mol. The number of aliphatic carboxylic acids is 1. The van der Waals surface area contributed by atoms with Crippen LogP contribution in [-0.4, -0.2) is 34.0 Å². The van der Waals surface area contributed by atoms with Crippen LogP contribution >= 0.6 is 27.7 Å². The maximum atomic E-state index is 12.1. The first-order valence-electron chi connectivity index (χ1n) is 6.88. The van der Waals surface area contributed by atoms with Crippen LogP contribution in [0.2, 0.25) is 0 Å². The molecule has 0 atom stereocenters.